The first kappa shape index (κ1) is 87.0. The van der Waals surface area contributed by atoms with Crippen molar-refractivity contribution in [2.75, 3.05) is 72.2 Å². The number of alkyl halides is 1. The van der Waals surface area contributed by atoms with E-state index in [4.69, 9.17) is 14.2 Å². The van der Waals surface area contributed by atoms with Crippen LogP contribution in [0.15, 0.2) is 24.3 Å². The summed E-state index contributed by atoms with van der Waals surface area (Å²) >= 11 is 0. The van der Waals surface area contributed by atoms with Crippen molar-refractivity contribution in [3.05, 3.63) is 35.6 Å². The lowest BCUT2D eigenvalue weighted by Crippen LogP contribution is -2.66. The molecule has 0 saturated carbocycles. The van der Waals surface area contributed by atoms with Crippen LogP contribution in [0.25, 0.3) is 0 Å². The Morgan fingerprint density at radius 2 is 0.978 bits per heavy atom. The van der Waals surface area contributed by atoms with Gasteiger partial charge in [-0.15, -0.1) is 0 Å². The van der Waals surface area contributed by atoms with Crippen molar-refractivity contribution in [2.24, 2.45) is 43.3 Å². The smallest absolute Gasteiger partial charge is 0.408 e. The van der Waals surface area contributed by atoms with Crippen LogP contribution in [0.2, 0.25) is 0 Å². The van der Waals surface area contributed by atoms with Gasteiger partial charge in [0.15, 0.2) is 5.60 Å². The fourth-order valence-corrected chi connectivity index (χ4v) is 8.01. The maximum Gasteiger partial charge on any atom is 0.408 e. The quantitative estimate of drug-likeness (QED) is 0.176. The number of benzene rings is 1. The number of ether oxygens (including phenoxy) is 3. The fourth-order valence-electron chi connectivity index (χ4n) is 8.01. The number of β-amino-alcohol motifs (C(OH)–C–C–N with tert-alkyl or cyclic N) is 1. The fraction of sp³-hybridized carbons (Fsp3) is 0.750. The number of hydrogen-bond donors (Lipinski definition) is 2. The van der Waals surface area contributed by atoms with Crippen molar-refractivity contribution < 1.29 is 37.7 Å². The molecule has 4 aliphatic rings. The number of halogens is 2. The number of unbranched alkanes of at least 4 members (excludes halogenated alkanes) is 2. The molecule has 0 unspecified atom stereocenters. The molecule has 0 aromatic heterocycles. The van der Waals surface area contributed by atoms with Gasteiger partial charge in [0.25, 0.3) is 0 Å². The number of aliphatic hydroxyl groups is 1. The van der Waals surface area contributed by atoms with Gasteiger partial charge in [-0.3, -0.25) is 14.6 Å². The van der Waals surface area contributed by atoms with E-state index < -0.39 is 23.0 Å². The van der Waals surface area contributed by atoms with Crippen molar-refractivity contribution >= 4 is 12.0 Å². The van der Waals surface area contributed by atoms with Gasteiger partial charge in [0, 0.05) is 88.5 Å². The van der Waals surface area contributed by atoms with Gasteiger partial charge in [-0.1, -0.05) is 103 Å². The molecule has 0 atom stereocenters. The summed E-state index contributed by atoms with van der Waals surface area (Å²) in [5.74, 6) is 37.5. The van der Waals surface area contributed by atoms with E-state index in [2.05, 4.69) is 238 Å². The molecule has 4 heterocycles. The Morgan fingerprint density at radius 3 is 1.37 bits per heavy atom. The van der Waals surface area contributed by atoms with Crippen LogP contribution >= 0.6 is 0 Å². The molecular weight excluding hydrogens is 1150 g/mol. The summed E-state index contributed by atoms with van der Waals surface area (Å²) in [5, 5.41) is 12.7. The number of likely N-dealkylation sites (tertiary alicyclic amines) is 2. The van der Waals surface area contributed by atoms with E-state index in [1.807, 2.05) is 60.6 Å². The van der Waals surface area contributed by atoms with E-state index >= 15 is 0 Å². The molecule has 2 amide bonds. The van der Waals surface area contributed by atoms with Crippen LogP contribution in [0, 0.1) is 120 Å². The normalized spacial score (nSPS) is 16.9. The zero-order valence-corrected chi connectivity index (χ0v) is 63.9. The van der Waals surface area contributed by atoms with Crippen molar-refractivity contribution in [3.8, 4) is 71.0 Å². The highest BCUT2D eigenvalue weighted by atomic mass is 19.1. The van der Waals surface area contributed by atoms with Crippen molar-refractivity contribution in [1.82, 2.24) is 20.0 Å². The molecule has 4 aliphatic heterocycles. The number of alkyl carbamates (subject to hydrolysis) is 1. The van der Waals surface area contributed by atoms with E-state index in [0.717, 1.165) is 39.1 Å². The molecule has 520 valence electrons. The van der Waals surface area contributed by atoms with E-state index in [0.29, 0.717) is 32.8 Å². The summed E-state index contributed by atoms with van der Waals surface area (Å²) in [5.41, 5.74) is -1.57. The number of carbonyl (C=O) groups is 2. The van der Waals surface area contributed by atoms with Crippen LogP contribution in [0.3, 0.4) is 0 Å². The Morgan fingerprint density at radius 1 is 0.554 bits per heavy atom. The van der Waals surface area contributed by atoms with E-state index in [1.165, 1.54) is 55.2 Å². The molecule has 2 N–H and O–H groups in total. The average molecular weight is 1280 g/mol. The highest BCUT2D eigenvalue weighted by Gasteiger charge is 2.45. The number of aryl methyl sites for hydroxylation is 1. The highest BCUT2D eigenvalue weighted by Crippen LogP contribution is 2.30. The van der Waals surface area contributed by atoms with Crippen molar-refractivity contribution in [2.45, 2.75) is 274 Å². The Kier molecular flexibility index (Phi) is 34.2. The highest BCUT2D eigenvalue weighted by molar-refractivity contribution is 5.75. The maximum atomic E-state index is 13.7. The van der Waals surface area contributed by atoms with Crippen molar-refractivity contribution in [1.29, 1.82) is 0 Å². The lowest BCUT2D eigenvalue weighted by Gasteiger charge is -2.50. The van der Waals surface area contributed by atoms with Crippen LogP contribution in [0.1, 0.15) is 245 Å². The molecule has 1 aromatic rings. The molecule has 5 rings (SSSR count). The summed E-state index contributed by atoms with van der Waals surface area (Å²) in [6.07, 6.45) is 6.65. The first-order chi connectivity index (χ1) is 41.4. The number of morpholine rings is 1. The van der Waals surface area contributed by atoms with E-state index in [9.17, 15) is 23.5 Å². The summed E-state index contributed by atoms with van der Waals surface area (Å²) in [6.45, 7) is 69.0. The van der Waals surface area contributed by atoms with Crippen molar-refractivity contribution in [3.63, 3.8) is 0 Å². The third-order valence-corrected chi connectivity index (χ3v) is 13.9. The van der Waals surface area contributed by atoms with Gasteiger partial charge in [0.05, 0.1) is 31.8 Å². The third kappa shape index (κ3) is 42.3. The van der Waals surface area contributed by atoms with Crippen LogP contribution in [-0.2, 0) is 25.4 Å². The molecule has 4 saturated heterocycles. The van der Waals surface area contributed by atoms with Gasteiger partial charge in [0.2, 0.25) is 17.2 Å². The van der Waals surface area contributed by atoms with Crippen LogP contribution < -0.4 is 5.32 Å². The maximum absolute atomic E-state index is 13.7. The molecule has 0 spiro atoms. The average Bonchev–Trinajstić information content (AvgIpc) is 0.795. The second-order valence-electron chi connectivity index (χ2n) is 34.3. The predicted molar refractivity (Wildman–Crippen MR) is 382 cm³/mol. The number of carbonyl (C=O) groups excluding carboxylic acids is 2. The summed E-state index contributed by atoms with van der Waals surface area (Å²) < 4.78 is 42.2. The molecule has 92 heavy (non-hydrogen) atoms. The molecule has 4 fully saturated rings. The number of rotatable bonds is 10. The SMILES string of the molecule is CC(=O)N1CC(F)(C#CC(C)(C)C)C1.CC(C)(C)C#CC(C)(C)CCc1ccc(F)cc1.CC(C)(C)C#CC(C)(C)N1CCOCC1.CC(C)(C)C#CC1(O)CN(C(C)(C)C)C1.CCCCCC(C)(C)C#CC(C)(C)C.CCNC(=O)OC1(C#CC(C)(C)C)COC1. The molecule has 12 heteroatoms. The van der Waals surface area contributed by atoms with Crippen LogP contribution in [-0.4, -0.2) is 132 Å². The number of nitrogens with one attached hydrogen (secondary N) is 1. The Bertz CT molecular complexity index is 2820. The standard InChI is InChI=1S/C17H23F.C14H26.2C13H23NO.C12H19NO3.C11H16FNO/c1-16(2,3)12-13-17(4,5)11-10-14-6-8-15(18)9-7-14;1-7-8-9-10-14(5,6)12-11-13(2,3)4;1-11(2,3)7-8-13(15)9-14(10-13)12(4,5)6;1-12(2,3)6-7-13(4,5)14-8-10-15-11-9-14;1-5-13-10(14)16-12(8-15-9-12)7-6-11(2,3)4;1-9(14)13-7-11(12,8-13)6-5-10(2,3)4/h6-9H,10-11H2,1-5H3;7-10H2,1-6H3;15H,9-10H2,1-6H3;8-11H2,1-5H3;5,8-9H2,1-4H3,(H,13,14);7-8H2,1-4H3. The summed E-state index contributed by atoms with van der Waals surface area (Å²) in [6, 6.07) is 6.73. The molecule has 0 bridgehead atoms. The topological polar surface area (TPSA) is 104 Å². The lowest BCUT2D eigenvalue weighted by atomic mass is 9.85. The van der Waals surface area contributed by atoms with Crippen LogP contribution in [0.4, 0.5) is 13.6 Å². The zero-order chi connectivity index (χ0) is 71.7. The minimum atomic E-state index is -1.47. The number of nitrogens with zero attached hydrogens (tertiary/aromatic N) is 3. The minimum Gasteiger partial charge on any atom is -0.425 e. The first-order valence-electron chi connectivity index (χ1n) is 33.7. The predicted octanol–water partition coefficient (Wildman–Crippen LogP) is 16.7. The second kappa shape index (κ2) is 36.2. The summed E-state index contributed by atoms with van der Waals surface area (Å²) in [7, 11) is 0. The first-order valence-corrected chi connectivity index (χ1v) is 33.7. The van der Waals surface area contributed by atoms with E-state index in [1.54, 1.807) is 0 Å². The molecule has 1 aromatic carbocycles. The van der Waals surface area contributed by atoms with Gasteiger partial charge in [-0.25, -0.2) is 13.6 Å². The van der Waals surface area contributed by atoms with Gasteiger partial charge in [-0.05, 0) is 237 Å². The monoisotopic (exact) mass is 1280 g/mol. The van der Waals surface area contributed by atoms with E-state index in [-0.39, 0.29) is 79.2 Å². The van der Waals surface area contributed by atoms with Crippen LogP contribution in [0.5, 0.6) is 0 Å². The molecule has 0 radical (unpaired) electrons. The zero-order valence-electron chi connectivity index (χ0n) is 63.9. The molecule has 10 nitrogen and oxygen atoms in total. The van der Waals surface area contributed by atoms with Gasteiger partial charge in [-0.2, -0.15) is 0 Å². The third-order valence-electron chi connectivity index (χ3n) is 13.9. The Balaban J connectivity index is 0.00000108. The lowest BCUT2D eigenvalue weighted by molar-refractivity contribution is -0.143. The summed E-state index contributed by atoms with van der Waals surface area (Å²) in [4.78, 5) is 28.2. The van der Waals surface area contributed by atoms with Gasteiger partial charge in [0.1, 0.15) is 19.0 Å². The molecule has 0 aliphatic carbocycles. The molecular formula is C80H130F2N4O6. The number of amides is 2. The Labute approximate surface area is 563 Å². The Hall–Kier alpha value is -5.02. The number of hydrogen-bond acceptors (Lipinski definition) is 8. The van der Waals surface area contributed by atoms with Gasteiger partial charge < -0.3 is 29.5 Å². The minimum absolute atomic E-state index is 0.00165. The van der Waals surface area contributed by atoms with Gasteiger partial charge >= 0.3 is 6.09 Å². The largest absolute Gasteiger partial charge is 0.425 e. The second-order valence-corrected chi connectivity index (χ2v) is 34.3.